The molecule has 2 aromatic rings. The van der Waals surface area contributed by atoms with Crippen LogP contribution in [0.5, 0.6) is 0 Å². The van der Waals surface area contributed by atoms with Gasteiger partial charge in [0.05, 0.1) is 6.61 Å². The standard InChI is InChI=1S/C15H14BrNO2/c16-9-11-1-5-13(6-2-11)15(19)17-14-7-3-12(10-18)4-8-14/h1-8,18H,9-10H2,(H,17,19). The van der Waals surface area contributed by atoms with Gasteiger partial charge in [-0.05, 0) is 35.4 Å². The number of rotatable bonds is 4. The van der Waals surface area contributed by atoms with Gasteiger partial charge in [0.2, 0.25) is 0 Å². The van der Waals surface area contributed by atoms with Gasteiger partial charge in [0.25, 0.3) is 5.91 Å². The van der Waals surface area contributed by atoms with Crippen molar-refractivity contribution < 1.29 is 9.90 Å². The fraction of sp³-hybridized carbons (Fsp3) is 0.133. The highest BCUT2D eigenvalue weighted by Gasteiger charge is 2.05. The van der Waals surface area contributed by atoms with Crippen molar-refractivity contribution in [1.29, 1.82) is 0 Å². The monoisotopic (exact) mass is 319 g/mol. The normalized spacial score (nSPS) is 10.2. The van der Waals surface area contributed by atoms with Crippen molar-refractivity contribution in [3.63, 3.8) is 0 Å². The maximum absolute atomic E-state index is 12.0. The molecular formula is C15H14BrNO2. The predicted molar refractivity (Wildman–Crippen MR) is 79.4 cm³/mol. The average Bonchev–Trinajstić information content (AvgIpc) is 2.48. The summed E-state index contributed by atoms with van der Waals surface area (Å²) in [5.41, 5.74) is 3.28. The molecular weight excluding hydrogens is 306 g/mol. The Morgan fingerprint density at radius 2 is 1.58 bits per heavy atom. The van der Waals surface area contributed by atoms with Gasteiger partial charge in [0, 0.05) is 16.6 Å². The Labute approximate surface area is 120 Å². The number of hydrogen-bond acceptors (Lipinski definition) is 2. The summed E-state index contributed by atoms with van der Waals surface area (Å²) >= 11 is 3.37. The second-order valence-electron chi connectivity index (χ2n) is 4.14. The zero-order valence-corrected chi connectivity index (χ0v) is 11.9. The van der Waals surface area contributed by atoms with Crippen molar-refractivity contribution >= 4 is 27.5 Å². The number of carbonyl (C=O) groups excluding carboxylic acids is 1. The van der Waals surface area contributed by atoms with Crippen molar-refractivity contribution in [3.8, 4) is 0 Å². The van der Waals surface area contributed by atoms with E-state index in [0.29, 0.717) is 11.3 Å². The van der Waals surface area contributed by atoms with Crippen LogP contribution in [-0.4, -0.2) is 11.0 Å². The summed E-state index contributed by atoms with van der Waals surface area (Å²) in [6.45, 7) is 0.00222. The molecule has 2 aromatic carbocycles. The van der Waals surface area contributed by atoms with Gasteiger partial charge in [-0.3, -0.25) is 4.79 Å². The molecule has 4 heteroatoms. The van der Waals surface area contributed by atoms with E-state index in [1.54, 1.807) is 36.4 Å². The summed E-state index contributed by atoms with van der Waals surface area (Å²) in [5, 5.41) is 12.5. The molecule has 2 N–H and O–H groups in total. The van der Waals surface area contributed by atoms with Crippen LogP contribution in [0.15, 0.2) is 48.5 Å². The number of benzene rings is 2. The van der Waals surface area contributed by atoms with Crippen LogP contribution in [0.25, 0.3) is 0 Å². The molecule has 0 radical (unpaired) electrons. The Morgan fingerprint density at radius 3 is 2.11 bits per heavy atom. The largest absolute Gasteiger partial charge is 0.392 e. The minimum absolute atomic E-state index is 0.00222. The summed E-state index contributed by atoms with van der Waals surface area (Å²) in [7, 11) is 0. The Hall–Kier alpha value is -1.65. The molecule has 0 aliphatic rings. The first-order chi connectivity index (χ1) is 9.22. The molecule has 0 atom stereocenters. The lowest BCUT2D eigenvalue weighted by molar-refractivity contribution is 0.102. The molecule has 0 bridgehead atoms. The van der Waals surface area contributed by atoms with E-state index in [9.17, 15) is 4.79 Å². The fourth-order valence-electron chi connectivity index (χ4n) is 1.64. The Morgan fingerprint density at radius 1 is 1.00 bits per heavy atom. The smallest absolute Gasteiger partial charge is 0.255 e. The van der Waals surface area contributed by atoms with E-state index in [-0.39, 0.29) is 12.5 Å². The Kier molecular flexibility index (Phi) is 4.71. The minimum atomic E-state index is -0.141. The van der Waals surface area contributed by atoms with Crippen molar-refractivity contribution in [2.75, 3.05) is 5.32 Å². The molecule has 0 unspecified atom stereocenters. The SMILES string of the molecule is O=C(Nc1ccc(CO)cc1)c1ccc(CBr)cc1. The molecule has 0 heterocycles. The van der Waals surface area contributed by atoms with Crippen molar-refractivity contribution in [2.45, 2.75) is 11.9 Å². The summed E-state index contributed by atoms with van der Waals surface area (Å²) < 4.78 is 0. The Bertz CT molecular complexity index is 549. The van der Waals surface area contributed by atoms with Crippen LogP contribution in [0.1, 0.15) is 21.5 Å². The zero-order valence-electron chi connectivity index (χ0n) is 10.3. The van der Waals surface area contributed by atoms with E-state index < -0.39 is 0 Å². The molecule has 2 rings (SSSR count). The molecule has 98 valence electrons. The van der Waals surface area contributed by atoms with Gasteiger partial charge in [-0.15, -0.1) is 0 Å². The summed E-state index contributed by atoms with van der Waals surface area (Å²) in [6.07, 6.45) is 0. The molecule has 0 aliphatic heterocycles. The van der Waals surface area contributed by atoms with Gasteiger partial charge >= 0.3 is 0 Å². The minimum Gasteiger partial charge on any atom is -0.392 e. The van der Waals surface area contributed by atoms with Crippen LogP contribution >= 0.6 is 15.9 Å². The van der Waals surface area contributed by atoms with E-state index in [4.69, 9.17) is 5.11 Å². The topological polar surface area (TPSA) is 49.3 Å². The second kappa shape index (κ2) is 6.50. The van der Waals surface area contributed by atoms with E-state index >= 15 is 0 Å². The number of anilines is 1. The number of aliphatic hydroxyl groups excluding tert-OH is 1. The molecule has 3 nitrogen and oxygen atoms in total. The maximum Gasteiger partial charge on any atom is 0.255 e. The van der Waals surface area contributed by atoms with E-state index in [0.717, 1.165) is 16.5 Å². The second-order valence-corrected chi connectivity index (χ2v) is 4.70. The number of nitrogens with one attached hydrogen (secondary N) is 1. The first kappa shape index (κ1) is 13.8. The van der Waals surface area contributed by atoms with Crippen LogP contribution in [0.4, 0.5) is 5.69 Å². The summed E-state index contributed by atoms with van der Waals surface area (Å²) in [6, 6.07) is 14.5. The highest BCUT2D eigenvalue weighted by molar-refractivity contribution is 9.08. The van der Waals surface area contributed by atoms with Crippen molar-refractivity contribution in [1.82, 2.24) is 0 Å². The lowest BCUT2D eigenvalue weighted by Gasteiger charge is -2.06. The maximum atomic E-state index is 12.0. The van der Waals surface area contributed by atoms with Gasteiger partial charge in [0.15, 0.2) is 0 Å². The summed E-state index contributed by atoms with van der Waals surface area (Å²) in [5.74, 6) is -0.141. The van der Waals surface area contributed by atoms with Crippen molar-refractivity contribution in [3.05, 3.63) is 65.2 Å². The zero-order chi connectivity index (χ0) is 13.7. The third-order valence-electron chi connectivity index (χ3n) is 2.76. The number of aliphatic hydroxyl groups is 1. The van der Waals surface area contributed by atoms with Crippen LogP contribution in [0, 0.1) is 0 Å². The van der Waals surface area contributed by atoms with Gasteiger partial charge in [-0.2, -0.15) is 0 Å². The molecule has 0 saturated carbocycles. The number of halogens is 1. The first-order valence-electron chi connectivity index (χ1n) is 5.89. The molecule has 0 aromatic heterocycles. The van der Waals surface area contributed by atoms with Gasteiger partial charge in [0.1, 0.15) is 0 Å². The van der Waals surface area contributed by atoms with Gasteiger partial charge < -0.3 is 10.4 Å². The van der Waals surface area contributed by atoms with Gasteiger partial charge in [-0.25, -0.2) is 0 Å². The number of carbonyl (C=O) groups is 1. The quantitative estimate of drug-likeness (QED) is 0.849. The van der Waals surface area contributed by atoms with E-state index in [1.807, 2.05) is 12.1 Å². The van der Waals surface area contributed by atoms with Crippen molar-refractivity contribution in [2.24, 2.45) is 0 Å². The molecule has 0 aliphatic carbocycles. The molecule has 0 saturated heterocycles. The number of alkyl halides is 1. The summed E-state index contributed by atoms with van der Waals surface area (Å²) in [4.78, 5) is 12.0. The van der Waals surface area contributed by atoms with E-state index in [1.165, 1.54) is 0 Å². The third-order valence-corrected chi connectivity index (χ3v) is 3.41. The van der Waals surface area contributed by atoms with Crippen LogP contribution < -0.4 is 5.32 Å². The fourth-order valence-corrected chi connectivity index (χ4v) is 2.02. The lowest BCUT2D eigenvalue weighted by Crippen LogP contribution is -2.11. The number of amides is 1. The third kappa shape index (κ3) is 3.66. The predicted octanol–water partition coefficient (Wildman–Crippen LogP) is 3.33. The molecule has 0 spiro atoms. The van der Waals surface area contributed by atoms with Crippen LogP contribution in [0.2, 0.25) is 0 Å². The van der Waals surface area contributed by atoms with E-state index in [2.05, 4.69) is 21.2 Å². The van der Waals surface area contributed by atoms with Gasteiger partial charge in [-0.1, -0.05) is 40.2 Å². The lowest BCUT2D eigenvalue weighted by atomic mass is 10.1. The molecule has 1 amide bonds. The average molecular weight is 320 g/mol. The molecule has 0 fully saturated rings. The highest BCUT2D eigenvalue weighted by atomic mass is 79.9. The highest BCUT2D eigenvalue weighted by Crippen LogP contribution is 2.13. The van der Waals surface area contributed by atoms with Crippen LogP contribution in [-0.2, 0) is 11.9 Å². The Balaban J connectivity index is 2.06. The first-order valence-corrected chi connectivity index (χ1v) is 7.01. The van der Waals surface area contributed by atoms with Crippen LogP contribution in [0.3, 0.4) is 0 Å². The number of hydrogen-bond donors (Lipinski definition) is 2. The molecule has 19 heavy (non-hydrogen) atoms.